The highest BCUT2D eigenvalue weighted by molar-refractivity contribution is 5.27. The Kier molecular flexibility index (Phi) is 5.14. The van der Waals surface area contributed by atoms with Crippen molar-refractivity contribution in [1.29, 1.82) is 0 Å². The van der Waals surface area contributed by atoms with Gasteiger partial charge >= 0.3 is 0 Å². The van der Waals surface area contributed by atoms with E-state index >= 15 is 0 Å². The summed E-state index contributed by atoms with van der Waals surface area (Å²) >= 11 is 0. The van der Waals surface area contributed by atoms with Gasteiger partial charge in [0.1, 0.15) is 11.6 Å². The number of hydrogen-bond donors (Lipinski definition) is 1. The van der Waals surface area contributed by atoms with Crippen LogP contribution in [0, 0.1) is 24.5 Å². The van der Waals surface area contributed by atoms with Gasteiger partial charge in [0.2, 0.25) is 0 Å². The van der Waals surface area contributed by atoms with Gasteiger partial charge in [-0.25, -0.2) is 8.78 Å². The van der Waals surface area contributed by atoms with Crippen molar-refractivity contribution in [2.24, 2.45) is 5.92 Å². The predicted molar refractivity (Wildman–Crippen MR) is 78.7 cm³/mol. The van der Waals surface area contributed by atoms with Crippen LogP contribution in [-0.2, 0) is 0 Å². The Morgan fingerprint density at radius 1 is 1.20 bits per heavy atom. The normalized spacial score (nSPS) is 24.6. The van der Waals surface area contributed by atoms with E-state index in [1.165, 1.54) is 31.4 Å². The number of nitrogens with one attached hydrogen (secondary N) is 1. The van der Waals surface area contributed by atoms with Gasteiger partial charge in [-0.05, 0) is 50.3 Å². The van der Waals surface area contributed by atoms with Crippen molar-refractivity contribution in [1.82, 2.24) is 5.32 Å². The molecule has 2 rings (SSSR count). The van der Waals surface area contributed by atoms with Crippen molar-refractivity contribution in [3.8, 4) is 0 Å². The number of halogens is 2. The fraction of sp³-hybridized carbons (Fsp3) is 0.647. The monoisotopic (exact) mass is 281 g/mol. The molecule has 0 spiro atoms. The van der Waals surface area contributed by atoms with Gasteiger partial charge in [0.05, 0.1) is 0 Å². The van der Waals surface area contributed by atoms with Crippen molar-refractivity contribution >= 4 is 0 Å². The van der Waals surface area contributed by atoms with E-state index < -0.39 is 0 Å². The zero-order chi connectivity index (χ0) is 14.7. The number of aryl methyl sites for hydroxylation is 1. The van der Waals surface area contributed by atoms with Gasteiger partial charge in [-0.15, -0.1) is 0 Å². The van der Waals surface area contributed by atoms with Gasteiger partial charge in [0, 0.05) is 17.6 Å². The molecule has 112 valence electrons. The molecule has 0 aromatic heterocycles. The summed E-state index contributed by atoms with van der Waals surface area (Å²) in [6.45, 7) is 5.73. The third-order valence-electron chi connectivity index (χ3n) is 4.64. The van der Waals surface area contributed by atoms with Crippen LogP contribution in [0.2, 0.25) is 0 Å². The van der Waals surface area contributed by atoms with Crippen molar-refractivity contribution in [3.63, 3.8) is 0 Å². The first-order valence-corrected chi connectivity index (χ1v) is 7.74. The van der Waals surface area contributed by atoms with Crippen LogP contribution in [0.25, 0.3) is 0 Å². The maximum atomic E-state index is 14.0. The Labute approximate surface area is 120 Å². The van der Waals surface area contributed by atoms with E-state index in [1.54, 1.807) is 6.92 Å². The van der Waals surface area contributed by atoms with E-state index in [9.17, 15) is 8.78 Å². The summed E-state index contributed by atoms with van der Waals surface area (Å²) in [6, 6.07) is 2.91. The van der Waals surface area contributed by atoms with E-state index in [0.29, 0.717) is 23.1 Å². The third kappa shape index (κ3) is 3.38. The molecule has 0 amide bonds. The van der Waals surface area contributed by atoms with Crippen LogP contribution >= 0.6 is 0 Å². The van der Waals surface area contributed by atoms with E-state index in [1.807, 2.05) is 6.92 Å². The topological polar surface area (TPSA) is 12.0 Å². The first kappa shape index (κ1) is 15.4. The van der Waals surface area contributed by atoms with Gasteiger partial charge in [-0.1, -0.05) is 26.2 Å². The SMILES string of the molecule is CCC1CCCCC1NC(C)c1cc(F)c(C)cc1F. The maximum absolute atomic E-state index is 14.0. The van der Waals surface area contributed by atoms with E-state index in [-0.39, 0.29) is 17.7 Å². The molecule has 0 bridgehead atoms. The summed E-state index contributed by atoms with van der Waals surface area (Å²) in [6.07, 6.45) is 6.05. The quantitative estimate of drug-likeness (QED) is 0.828. The molecule has 1 saturated carbocycles. The second-order valence-corrected chi connectivity index (χ2v) is 6.07. The van der Waals surface area contributed by atoms with Crippen LogP contribution in [-0.4, -0.2) is 6.04 Å². The smallest absolute Gasteiger partial charge is 0.128 e. The van der Waals surface area contributed by atoms with Crippen molar-refractivity contribution < 1.29 is 8.78 Å². The van der Waals surface area contributed by atoms with Crippen LogP contribution in [0.4, 0.5) is 8.78 Å². The van der Waals surface area contributed by atoms with Crippen molar-refractivity contribution in [2.75, 3.05) is 0 Å². The largest absolute Gasteiger partial charge is 0.307 e. The number of rotatable bonds is 4. The molecular formula is C17H25F2N. The highest BCUT2D eigenvalue weighted by atomic mass is 19.1. The average Bonchev–Trinajstić information content (AvgIpc) is 2.43. The fourth-order valence-corrected chi connectivity index (χ4v) is 3.32. The highest BCUT2D eigenvalue weighted by Gasteiger charge is 2.26. The molecule has 0 radical (unpaired) electrons. The summed E-state index contributed by atoms with van der Waals surface area (Å²) in [4.78, 5) is 0. The van der Waals surface area contributed by atoms with Gasteiger partial charge < -0.3 is 5.32 Å². The second-order valence-electron chi connectivity index (χ2n) is 6.07. The minimum Gasteiger partial charge on any atom is -0.307 e. The van der Waals surface area contributed by atoms with E-state index in [0.717, 1.165) is 12.8 Å². The summed E-state index contributed by atoms with van der Waals surface area (Å²) in [5.41, 5.74) is 0.802. The zero-order valence-corrected chi connectivity index (χ0v) is 12.7. The van der Waals surface area contributed by atoms with Crippen LogP contribution in [0.3, 0.4) is 0 Å². The van der Waals surface area contributed by atoms with Crippen LogP contribution < -0.4 is 5.32 Å². The van der Waals surface area contributed by atoms with E-state index in [4.69, 9.17) is 0 Å². The molecule has 20 heavy (non-hydrogen) atoms. The van der Waals surface area contributed by atoms with Crippen LogP contribution in [0.15, 0.2) is 12.1 Å². The molecule has 1 aromatic rings. The first-order valence-electron chi connectivity index (χ1n) is 7.74. The first-order chi connectivity index (χ1) is 9.52. The van der Waals surface area contributed by atoms with E-state index in [2.05, 4.69) is 12.2 Å². The Morgan fingerprint density at radius 3 is 2.60 bits per heavy atom. The molecule has 1 aliphatic carbocycles. The average molecular weight is 281 g/mol. The minimum atomic E-state index is -0.328. The summed E-state index contributed by atoms with van der Waals surface area (Å²) in [5.74, 6) is 0.0167. The molecular weight excluding hydrogens is 256 g/mol. The molecule has 1 aromatic carbocycles. The van der Waals surface area contributed by atoms with Crippen LogP contribution in [0.5, 0.6) is 0 Å². The van der Waals surface area contributed by atoms with Gasteiger partial charge in [-0.3, -0.25) is 0 Å². The Hall–Kier alpha value is -0.960. The summed E-state index contributed by atoms with van der Waals surface area (Å²) < 4.78 is 27.7. The molecule has 3 unspecified atom stereocenters. The lowest BCUT2D eigenvalue weighted by Gasteiger charge is -2.34. The molecule has 0 saturated heterocycles. The Balaban J connectivity index is 2.11. The molecule has 3 heteroatoms. The number of hydrogen-bond acceptors (Lipinski definition) is 1. The molecule has 1 nitrogen and oxygen atoms in total. The molecule has 1 aliphatic rings. The summed E-state index contributed by atoms with van der Waals surface area (Å²) in [7, 11) is 0. The molecule has 3 atom stereocenters. The molecule has 0 heterocycles. The zero-order valence-electron chi connectivity index (χ0n) is 12.7. The summed E-state index contributed by atoms with van der Waals surface area (Å²) in [5, 5.41) is 3.52. The van der Waals surface area contributed by atoms with Gasteiger partial charge in [-0.2, -0.15) is 0 Å². The standard InChI is InChI=1S/C17H25F2N/c1-4-13-7-5-6-8-17(13)20-12(3)14-10-15(18)11(2)9-16(14)19/h9-10,12-13,17,20H,4-8H2,1-3H3. The molecule has 0 aliphatic heterocycles. The minimum absolute atomic E-state index is 0.151. The molecule has 1 N–H and O–H groups in total. The maximum Gasteiger partial charge on any atom is 0.128 e. The highest BCUT2D eigenvalue weighted by Crippen LogP contribution is 2.29. The van der Waals surface area contributed by atoms with Gasteiger partial charge in [0.15, 0.2) is 0 Å². The fourth-order valence-electron chi connectivity index (χ4n) is 3.32. The predicted octanol–water partition coefficient (Wildman–Crippen LogP) is 4.89. The molecule has 1 fully saturated rings. The van der Waals surface area contributed by atoms with Crippen molar-refractivity contribution in [2.45, 2.75) is 65.0 Å². The Bertz CT molecular complexity index is 459. The lowest BCUT2D eigenvalue weighted by Crippen LogP contribution is -2.39. The van der Waals surface area contributed by atoms with Crippen molar-refractivity contribution in [3.05, 3.63) is 34.9 Å². The lowest BCUT2D eigenvalue weighted by molar-refractivity contribution is 0.239. The third-order valence-corrected chi connectivity index (χ3v) is 4.64. The number of benzene rings is 1. The lowest BCUT2D eigenvalue weighted by atomic mass is 9.82. The van der Waals surface area contributed by atoms with Gasteiger partial charge in [0.25, 0.3) is 0 Å². The second kappa shape index (κ2) is 6.66. The Morgan fingerprint density at radius 2 is 1.90 bits per heavy atom. The van der Waals surface area contributed by atoms with Crippen LogP contribution in [0.1, 0.15) is 63.1 Å².